The van der Waals surface area contributed by atoms with Crippen LogP contribution >= 0.6 is 0 Å². The predicted molar refractivity (Wildman–Crippen MR) is 124 cm³/mol. The van der Waals surface area contributed by atoms with E-state index in [1.165, 1.54) is 64.0 Å². The van der Waals surface area contributed by atoms with E-state index in [1.807, 2.05) is 7.05 Å². The molecular formula is C24H41N5. The van der Waals surface area contributed by atoms with Crippen LogP contribution in [0.1, 0.15) is 44.1 Å². The lowest BCUT2D eigenvalue weighted by Gasteiger charge is -2.40. The van der Waals surface area contributed by atoms with Crippen molar-refractivity contribution in [1.82, 2.24) is 20.0 Å². The van der Waals surface area contributed by atoms with Gasteiger partial charge in [-0.2, -0.15) is 0 Å². The molecule has 0 amide bonds. The Morgan fingerprint density at radius 2 is 1.83 bits per heavy atom. The van der Waals surface area contributed by atoms with E-state index in [1.54, 1.807) is 0 Å². The van der Waals surface area contributed by atoms with E-state index in [4.69, 9.17) is 0 Å². The molecule has 5 nitrogen and oxygen atoms in total. The molecule has 2 atom stereocenters. The van der Waals surface area contributed by atoms with Crippen LogP contribution in [0.3, 0.4) is 0 Å². The maximum Gasteiger partial charge on any atom is 0.193 e. The Kier molecular flexibility index (Phi) is 8.81. The van der Waals surface area contributed by atoms with Crippen LogP contribution in [0.2, 0.25) is 0 Å². The fourth-order valence-corrected chi connectivity index (χ4v) is 4.84. The van der Waals surface area contributed by atoms with Gasteiger partial charge >= 0.3 is 0 Å². The second kappa shape index (κ2) is 11.6. The quantitative estimate of drug-likeness (QED) is 0.434. The highest BCUT2D eigenvalue weighted by atomic mass is 15.3. The Balaban J connectivity index is 1.40. The van der Waals surface area contributed by atoms with Crippen molar-refractivity contribution in [2.75, 3.05) is 66.5 Å². The van der Waals surface area contributed by atoms with Gasteiger partial charge in [0.05, 0.1) is 0 Å². The van der Waals surface area contributed by atoms with Crippen LogP contribution in [0, 0.1) is 5.92 Å². The van der Waals surface area contributed by atoms with Crippen molar-refractivity contribution in [3.05, 3.63) is 35.9 Å². The van der Waals surface area contributed by atoms with E-state index in [2.05, 4.69) is 69.3 Å². The third-order valence-electron chi connectivity index (χ3n) is 6.78. The molecular weight excluding hydrogens is 358 g/mol. The second-order valence-corrected chi connectivity index (χ2v) is 8.75. The summed E-state index contributed by atoms with van der Waals surface area (Å²) in [5, 5.41) is 3.63. The summed E-state index contributed by atoms with van der Waals surface area (Å²) in [4.78, 5) is 12.1. The summed E-state index contributed by atoms with van der Waals surface area (Å²) in [6.07, 6.45) is 4.91. The van der Waals surface area contributed by atoms with Gasteiger partial charge in [0.15, 0.2) is 5.96 Å². The number of hydrogen-bond acceptors (Lipinski definition) is 3. The van der Waals surface area contributed by atoms with Crippen LogP contribution in [0.4, 0.5) is 0 Å². The van der Waals surface area contributed by atoms with Crippen molar-refractivity contribution >= 4 is 5.96 Å². The molecule has 1 N–H and O–H groups in total. The molecule has 162 valence electrons. The van der Waals surface area contributed by atoms with E-state index in [0.29, 0.717) is 11.8 Å². The van der Waals surface area contributed by atoms with Gasteiger partial charge in [-0.3, -0.25) is 4.99 Å². The van der Waals surface area contributed by atoms with E-state index in [0.717, 1.165) is 25.6 Å². The Morgan fingerprint density at radius 1 is 1.07 bits per heavy atom. The molecule has 2 aliphatic rings. The number of hydrogen-bond donors (Lipinski definition) is 1. The third-order valence-corrected chi connectivity index (χ3v) is 6.78. The Morgan fingerprint density at radius 3 is 2.52 bits per heavy atom. The molecule has 0 bridgehead atoms. The Bertz CT molecular complexity index is 609. The van der Waals surface area contributed by atoms with Crippen molar-refractivity contribution in [3.8, 4) is 0 Å². The Hall–Kier alpha value is -1.59. The predicted octanol–water partition coefficient (Wildman–Crippen LogP) is 3.11. The Labute approximate surface area is 178 Å². The first-order valence-electron chi connectivity index (χ1n) is 11.6. The number of piperazine rings is 1. The molecule has 2 saturated heterocycles. The summed E-state index contributed by atoms with van der Waals surface area (Å²) >= 11 is 0. The van der Waals surface area contributed by atoms with E-state index < -0.39 is 0 Å². The summed E-state index contributed by atoms with van der Waals surface area (Å²) in [6, 6.07) is 11.1. The SMILES string of the molecule is CCC1CN(C(=NC)NCCCCN2CCN(C)CC2)CCC1c1ccccc1. The zero-order chi connectivity index (χ0) is 20.5. The molecule has 0 aromatic heterocycles. The number of benzene rings is 1. The van der Waals surface area contributed by atoms with Gasteiger partial charge in [-0.1, -0.05) is 43.7 Å². The first kappa shape index (κ1) is 22.1. The summed E-state index contributed by atoms with van der Waals surface area (Å²) in [5.41, 5.74) is 1.51. The minimum absolute atomic E-state index is 0.680. The van der Waals surface area contributed by atoms with Gasteiger partial charge in [-0.25, -0.2) is 0 Å². The van der Waals surface area contributed by atoms with Gasteiger partial charge in [0.1, 0.15) is 0 Å². The van der Waals surface area contributed by atoms with E-state index >= 15 is 0 Å². The van der Waals surface area contributed by atoms with Crippen molar-refractivity contribution in [3.63, 3.8) is 0 Å². The standard InChI is InChI=1S/C24H41N5/c1-4-21-20-29(15-12-23(21)22-10-6-5-7-11-22)24(25-2)26-13-8-9-14-28-18-16-27(3)17-19-28/h5-7,10-11,21,23H,4,8-9,12-20H2,1-3H3,(H,25,26). The molecule has 0 saturated carbocycles. The molecule has 2 unspecified atom stereocenters. The first-order valence-corrected chi connectivity index (χ1v) is 11.6. The van der Waals surface area contributed by atoms with Gasteiger partial charge in [0.2, 0.25) is 0 Å². The molecule has 0 aliphatic carbocycles. The number of guanidine groups is 1. The normalized spacial score (nSPS) is 24.7. The lowest BCUT2D eigenvalue weighted by atomic mass is 9.79. The number of likely N-dealkylation sites (tertiary alicyclic amines) is 1. The van der Waals surface area contributed by atoms with Crippen molar-refractivity contribution in [2.24, 2.45) is 10.9 Å². The lowest BCUT2D eigenvalue weighted by molar-refractivity contribution is 0.152. The smallest absolute Gasteiger partial charge is 0.193 e. The maximum atomic E-state index is 4.59. The largest absolute Gasteiger partial charge is 0.356 e. The van der Waals surface area contributed by atoms with Gasteiger partial charge in [-0.05, 0) is 50.3 Å². The molecule has 5 heteroatoms. The molecule has 1 aromatic carbocycles. The summed E-state index contributed by atoms with van der Waals surface area (Å²) < 4.78 is 0. The van der Waals surface area contributed by atoms with Crippen LogP contribution in [0.25, 0.3) is 0 Å². The van der Waals surface area contributed by atoms with Crippen molar-refractivity contribution in [1.29, 1.82) is 0 Å². The summed E-state index contributed by atoms with van der Waals surface area (Å²) in [6.45, 7) is 11.7. The van der Waals surface area contributed by atoms with Crippen LogP contribution in [0.15, 0.2) is 35.3 Å². The molecule has 1 aromatic rings. The topological polar surface area (TPSA) is 34.1 Å². The van der Waals surface area contributed by atoms with Crippen LogP contribution in [-0.2, 0) is 0 Å². The average molecular weight is 400 g/mol. The molecule has 3 rings (SSSR count). The van der Waals surface area contributed by atoms with Crippen molar-refractivity contribution < 1.29 is 0 Å². The highest BCUT2D eigenvalue weighted by molar-refractivity contribution is 5.80. The number of likely N-dealkylation sites (N-methyl/N-ethyl adjacent to an activating group) is 1. The van der Waals surface area contributed by atoms with Crippen LogP contribution in [0.5, 0.6) is 0 Å². The van der Waals surface area contributed by atoms with Crippen LogP contribution in [-0.4, -0.2) is 87.1 Å². The molecule has 0 spiro atoms. The minimum atomic E-state index is 0.680. The van der Waals surface area contributed by atoms with Gasteiger partial charge < -0.3 is 20.0 Å². The summed E-state index contributed by atoms with van der Waals surface area (Å²) in [5.74, 6) is 2.47. The lowest BCUT2D eigenvalue weighted by Crippen LogP contribution is -2.48. The fraction of sp³-hybridized carbons (Fsp3) is 0.708. The number of unbranched alkanes of at least 4 members (excludes halogenated alkanes) is 1. The summed E-state index contributed by atoms with van der Waals surface area (Å²) in [7, 11) is 4.15. The van der Waals surface area contributed by atoms with Gasteiger partial charge in [-0.15, -0.1) is 0 Å². The van der Waals surface area contributed by atoms with Gasteiger partial charge in [0.25, 0.3) is 0 Å². The van der Waals surface area contributed by atoms with E-state index in [-0.39, 0.29) is 0 Å². The third kappa shape index (κ3) is 6.45. The average Bonchev–Trinajstić information content (AvgIpc) is 2.77. The zero-order valence-corrected chi connectivity index (χ0v) is 18.8. The molecule has 29 heavy (non-hydrogen) atoms. The molecule has 2 fully saturated rings. The molecule has 2 heterocycles. The van der Waals surface area contributed by atoms with Crippen LogP contribution < -0.4 is 5.32 Å². The molecule has 0 radical (unpaired) electrons. The minimum Gasteiger partial charge on any atom is -0.356 e. The van der Waals surface area contributed by atoms with E-state index in [9.17, 15) is 0 Å². The monoisotopic (exact) mass is 399 g/mol. The number of nitrogens with zero attached hydrogens (tertiary/aromatic N) is 4. The molecule has 2 aliphatic heterocycles. The number of aliphatic imine (C=N–C) groups is 1. The van der Waals surface area contributed by atoms with Crippen molar-refractivity contribution in [2.45, 2.75) is 38.5 Å². The highest BCUT2D eigenvalue weighted by Crippen LogP contribution is 2.34. The number of piperidine rings is 1. The zero-order valence-electron chi connectivity index (χ0n) is 18.8. The fourth-order valence-electron chi connectivity index (χ4n) is 4.84. The van der Waals surface area contributed by atoms with Gasteiger partial charge in [0, 0.05) is 52.9 Å². The first-order chi connectivity index (χ1) is 14.2. The maximum absolute atomic E-state index is 4.59. The number of rotatable bonds is 7. The second-order valence-electron chi connectivity index (χ2n) is 8.75. The highest BCUT2D eigenvalue weighted by Gasteiger charge is 2.30. The number of nitrogens with one attached hydrogen (secondary N) is 1.